The molecule has 21 heavy (non-hydrogen) atoms. The molecular weight excluding hydrogens is 324 g/mol. The van der Waals surface area contributed by atoms with Crippen LogP contribution in [0.3, 0.4) is 0 Å². The summed E-state index contributed by atoms with van der Waals surface area (Å²) >= 11 is 5.74. The summed E-state index contributed by atoms with van der Waals surface area (Å²) in [5.74, 6) is -2.49. The van der Waals surface area contributed by atoms with E-state index in [1.165, 1.54) is 6.07 Å². The number of pyridine rings is 2. The smallest absolute Gasteiger partial charge is 0.250 e. The normalized spacial score (nSPS) is 11.5. The number of hydrogen-bond acceptors (Lipinski definition) is 4. The van der Waals surface area contributed by atoms with Crippen molar-refractivity contribution >= 4 is 27.4 Å². The van der Waals surface area contributed by atoms with Gasteiger partial charge in [-0.15, -0.1) is 0 Å². The summed E-state index contributed by atoms with van der Waals surface area (Å²) in [7, 11) is -2.97. The lowest BCUT2D eigenvalue weighted by Crippen LogP contribution is -2.28. The lowest BCUT2D eigenvalue weighted by Gasteiger charge is -2.19. The van der Waals surface area contributed by atoms with Crippen LogP contribution in [-0.2, 0) is 10.0 Å². The van der Waals surface area contributed by atoms with E-state index in [0.29, 0.717) is 15.9 Å². The van der Waals surface area contributed by atoms with Crippen LogP contribution in [0.2, 0.25) is 5.15 Å². The van der Waals surface area contributed by atoms with E-state index in [1.807, 2.05) is 0 Å². The van der Waals surface area contributed by atoms with E-state index in [9.17, 15) is 17.2 Å². The second kappa shape index (κ2) is 5.53. The van der Waals surface area contributed by atoms with E-state index < -0.39 is 27.5 Å². The summed E-state index contributed by atoms with van der Waals surface area (Å²) in [4.78, 5) is 7.03. The Bertz CT molecular complexity index is 799. The largest absolute Gasteiger partial charge is 0.266 e. The van der Waals surface area contributed by atoms with Crippen molar-refractivity contribution < 1.29 is 17.2 Å². The number of aryl methyl sites for hydroxylation is 1. The summed E-state index contributed by atoms with van der Waals surface area (Å²) < 4.78 is 51.8. The van der Waals surface area contributed by atoms with Gasteiger partial charge in [0.05, 0.1) is 6.20 Å². The van der Waals surface area contributed by atoms with Crippen LogP contribution < -0.4 is 4.31 Å². The Hall–Kier alpha value is -1.80. The number of hydrogen-bond donors (Lipinski definition) is 0. The fourth-order valence-electron chi connectivity index (χ4n) is 1.58. The maximum Gasteiger partial charge on any atom is 0.266 e. The van der Waals surface area contributed by atoms with Gasteiger partial charge in [0, 0.05) is 19.3 Å². The van der Waals surface area contributed by atoms with Crippen LogP contribution in [0.15, 0.2) is 29.4 Å². The molecule has 0 spiro atoms. The SMILES string of the molecule is Cc1cc(S(=O)(=O)N(C)c2ncc(F)cc2F)cnc1Cl. The van der Waals surface area contributed by atoms with Gasteiger partial charge < -0.3 is 0 Å². The second-order valence-corrected chi connectivity index (χ2v) is 6.54. The summed E-state index contributed by atoms with van der Waals surface area (Å²) in [6, 6.07) is 1.86. The van der Waals surface area contributed by atoms with Gasteiger partial charge in [-0.1, -0.05) is 11.6 Å². The molecule has 0 fully saturated rings. The van der Waals surface area contributed by atoms with Gasteiger partial charge in [0.25, 0.3) is 10.0 Å². The van der Waals surface area contributed by atoms with Crippen molar-refractivity contribution in [2.45, 2.75) is 11.8 Å². The first kappa shape index (κ1) is 15.6. The molecule has 0 aromatic carbocycles. The first-order valence-electron chi connectivity index (χ1n) is 5.65. The van der Waals surface area contributed by atoms with Gasteiger partial charge in [-0.05, 0) is 18.6 Å². The lowest BCUT2D eigenvalue weighted by atomic mass is 10.3. The Balaban J connectivity index is 2.49. The molecule has 0 amide bonds. The predicted octanol–water partition coefficient (Wildman–Crippen LogP) is 2.54. The monoisotopic (exact) mass is 333 g/mol. The molecule has 0 aliphatic carbocycles. The molecule has 0 aliphatic rings. The molecule has 0 unspecified atom stereocenters. The predicted molar refractivity (Wildman–Crippen MR) is 73.7 cm³/mol. The van der Waals surface area contributed by atoms with Crippen molar-refractivity contribution in [2.75, 3.05) is 11.4 Å². The average molecular weight is 334 g/mol. The van der Waals surface area contributed by atoms with Gasteiger partial charge in [-0.2, -0.15) is 0 Å². The minimum absolute atomic E-state index is 0.169. The molecule has 0 saturated heterocycles. The number of sulfonamides is 1. The fourth-order valence-corrected chi connectivity index (χ4v) is 2.88. The Morgan fingerprint density at radius 3 is 2.43 bits per heavy atom. The fraction of sp³-hybridized carbons (Fsp3) is 0.167. The highest BCUT2D eigenvalue weighted by atomic mass is 35.5. The van der Waals surface area contributed by atoms with Gasteiger partial charge in [0.2, 0.25) is 0 Å². The number of rotatable bonds is 3. The zero-order valence-electron chi connectivity index (χ0n) is 11.0. The van der Waals surface area contributed by atoms with E-state index >= 15 is 0 Å². The van der Waals surface area contributed by atoms with Crippen molar-refractivity contribution in [3.8, 4) is 0 Å². The van der Waals surface area contributed by atoms with Crippen LogP contribution in [0, 0.1) is 18.6 Å². The van der Waals surface area contributed by atoms with Gasteiger partial charge in [0.15, 0.2) is 11.6 Å². The van der Waals surface area contributed by atoms with Crippen molar-refractivity contribution in [1.29, 1.82) is 0 Å². The van der Waals surface area contributed by atoms with Gasteiger partial charge >= 0.3 is 0 Å². The molecule has 2 rings (SSSR count). The second-order valence-electron chi connectivity index (χ2n) is 4.21. The molecule has 0 saturated carbocycles. The van der Waals surface area contributed by atoms with Crippen LogP contribution in [0.5, 0.6) is 0 Å². The minimum atomic E-state index is -4.08. The summed E-state index contributed by atoms with van der Waals surface area (Å²) in [6.07, 6.45) is 1.79. The zero-order valence-corrected chi connectivity index (χ0v) is 12.6. The standard InChI is InChI=1S/C12H10ClF2N3O2S/c1-7-3-9(6-16-11(7)13)21(19,20)18(2)12-10(15)4-8(14)5-17-12/h3-6H,1-2H3. The highest BCUT2D eigenvalue weighted by Crippen LogP contribution is 2.24. The van der Waals surface area contributed by atoms with Crippen molar-refractivity contribution in [1.82, 2.24) is 9.97 Å². The Labute approximate surface area is 125 Å². The number of halogens is 3. The van der Waals surface area contributed by atoms with Gasteiger partial charge in [-0.25, -0.2) is 27.2 Å². The molecule has 0 bridgehead atoms. The maximum absolute atomic E-state index is 13.6. The first-order chi connectivity index (χ1) is 9.73. The Morgan fingerprint density at radius 1 is 1.19 bits per heavy atom. The van der Waals surface area contributed by atoms with Gasteiger partial charge in [0.1, 0.15) is 15.9 Å². The van der Waals surface area contributed by atoms with Crippen LogP contribution in [-0.4, -0.2) is 25.4 Å². The zero-order chi connectivity index (χ0) is 15.8. The Kier molecular flexibility index (Phi) is 4.11. The summed E-state index contributed by atoms with van der Waals surface area (Å²) in [5, 5.41) is 0.169. The summed E-state index contributed by atoms with van der Waals surface area (Å²) in [6.45, 7) is 1.59. The number of nitrogens with zero attached hydrogens (tertiary/aromatic N) is 3. The third kappa shape index (κ3) is 2.96. The molecule has 0 radical (unpaired) electrons. The topological polar surface area (TPSA) is 63.2 Å². The van der Waals surface area contributed by atoms with Crippen molar-refractivity contribution in [3.05, 3.63) is 46.9 Å². The molecule has 0 aliphatic heterocycles. The van der Waals surface area contributed by atoms with Crippen molar-refractivity contribution in [3.63, 3.8) is 0 Å². The highest BCUT2D eigenvalue weighted by molar-refractivity contribution is 7.92. The lowest BCUT2D eigenvalue weighted by molar-refractivity contribution is 0.568. The summed E-state index contributed by atoms with van der Waals surface area (Å²) in [5.41, 5.74) is 0.457. The van der Waals surface area contributed by atoms with E-state index in [4.69, 9.17) is 11.6 Å². The van der Waals surface area contributed by atoms with E-state index in [1.54, 1.807) is 6.92 Å². The molecular formula is C12H10ClF2N3O2S. The van der Waals surface area contributed by atoms with Gasteiger partial charge in [-0.3, -0.25) is 4.31 Å². The van der Waals surface area contributed by atoms with Crippen LogP contribution in [0.4, 0.5) is 14.6 Å². The third-order valence-corrected chi connectivity index (χ3v) is 4.84. The molecule has 2 heterocycles. The van der Waals surface area contributed by atoms with Crippen LogP contribution in [0.1, 0.15) is 5.56 Å². The quantitative estimate of drug-likeness (QED) is 0.810. The van der Waals surface area contributed by atoms with E-state index in [2.05, 4.69) is 9.97 Å². The molecule has 9 heteroatoms. The maximum atomic E-state index is 13.6. The first-order valence-corrected chi connectivity index (χ1v) is 7.47. The third-order valence-electron chi connectivity index (χ3n) is 2.73. The molecule has 0 atom stereocenters. The molecule has 0 N–H and O–H groups in total. The molecule has 5 nitrogen and oxygen atoms in total. The number of aromatic nitrogens is 2. The highest BCUT2D eigenvalue weighted by Gasteiger charge is 2.25. The van der Waals surface area contributed by atoms with Crippen LogP contribution >= 0.6 is 11.6 Å². The van der Waals surface area contributed by atoms with Crippen LogP contribution in [0.25, 0.3) is 0 Å². The Morgan fingerprint density at radius 2 is 1.86 bits per heavy atom. The molecule has 2 aromatic rings. The average Bonchev–Trinajstić information content (AvgIpc) is 2.41. The molecule has 112 valence electrons. The van der Waals surface area contributed by atoms with E-state index in [0.717, 1.165) is 19.4 Å². The molecule has 2 aromatic heterocycles. The van der Waals surface area contributed by atoms with E-state index in [-0.39, 0.29) is 10.0 Å². The number of anilines is 1. The van der Waals surface area contributed by atoms with Crippen molar-refractivity contribution in [2.24, 2.45) is 0 Å². The minimum Gasteiger partial charge on any atom is -0.250 e.